The normalized spacial score (nSPS) is 10.3. The monoisotopic (exact) mass is 287 g/mol. The van der Waals surface area contributed by atoms with E-state index >= 15 is 0 Å². The van der Waals surface area contributed by atoms with Gasteiger partial charge >= 0.3 is 0 Å². The molecule has 2 rings (SSSR count). The Hall–Kier alpha value is -1.05. The summed E-state index contributed by atoms with van der Waals surface area (Å²) in [5.41, 5.74) is 0.815. The number of hydrogen-bond acceptors (Lipinski definition) is 4. The molecule has 6 heteroatoms. The molecule has 0 aliphatic rings. The summed E-state index contributed by atoms with van der Waals surface area (Å²) < 4.78 is 2.64. The number of aryl methyl sites for hydroxylation is 1. The molecular weight excluding hydrogens is 281 g/mol. The fraction of sp³-hybridized carbons (Fsp3) is 0.143. The second-order valence-electron chi connectivity index (χ2n) is 2.46. The van der Waals surface area contributed by atoms with Crippen molar-refractivity contribution in [2.75, 3.05) is 0 Å². The summed E-state index contributed by atoms with van der Waals surface area (Å²) in [6, 6.07) is 3.85. The third-order valence-electron chi connectivity index (χ3n) is 1.59. The zero-order valence-electron chi connectivity index (χ0n) is 6.85. The predicted octanol–water partition coefficient (Wildman–Crippen LogP) is 0.877. The molecule has 13 heavy (non-hydrogen) atoms. The van der Waals surface area contributed by atoms with E-state index in [9.17, 15) is 0 Å². The van der Waals surface area contributed by atoms with Crippen molar-refractivity contribution in [2.24, 2.45) is 7.05 Å². The highest BCUT2D eigenvalue weighted by Crippen LogP contribution is 2.18. The molecular formula is C7H6IN5. The largest absolute Gasteiger partial charge is 0.252 e. The molecule has 0 aliphatic carbocycles. The molecule has 0 saturated heterocycles. The van der Waals surface area contributed by atoms with Crippen molar-refractivity contribution < 1.29 is 0 Å². The minimum atomic E-state index is 0.685. The van der Waals surface area contributed by atoms with Crippen LogP contribution in [0.25, 0.3) is 11.5 Å². The van der Waals surface area contributed by atoms with Gasteiger partial charge in [0.05, 0.1) is 0 Å². The maximum atomic E-state index is 4.21. The molecule has 0 N–H and O–H groups in total. The molecule has 2 aromatic rings. The van der Waals surface area contributed by atoms with Crippen LogP contribution in [0.1, 0.15) is 0 Å². The van der Waals surface area contributed by atoms with Gasteiger partial charge in [-0.15, -0.1) is 5.10 Å². The van der Waals surface area contributed by atoms with E-state index in [0.29, 0.717) is 5.82 Å². The van der Waals surface area contributed by atoms with Crippen LogP contribution >= 0.6 is 22.6 Å². The Balaban J connectivity index is 2.59. The van der Waals surface area contributed by atoms with Crippen molar-refractivity contribution in [3.8, 4) is 11.5 Å². The lowest BCUT2D eigenvalue weighted by molar-refractivity contribution is 0.713. The molecule has 2 heterocycles. The van der Waals surface area contributed by atoms with Gasteiger partial charge in [0.25, 0.3) is 0 Å². The van der Waals surface area contributed by atoms with E-state index in [1.165, 1.54) is 0 Å². The number of aromatic nitrogens is 5. The predicted molar refractivity (Wildman–Crippen MR) is 54.7 cm³/mol. The van der Waals surface area contributed by atoms with Crippen molar-refractivity contribution in [1.82, 2.24) is 25.2 Å². The molecule has 0 radical (unpaired) electrons. The van der Waals surface area contributed by atoms with Gasteiger partial charge in [-0.2, -0.15) is 0 Å². The van der Waals surface area contributed by atoms with E-state index in [4.69, 9.17) is 0 Å². The number of pyridine rings is 1. The molecule has 0 fully saturated rings. The van der Waals surface area contributed by atoms with Crippen LogP contribution in [0.3, 0.4) is 0 Å². The van der Waals surface area contributed by atoms with Gasteiger partial charge < -0.3 is 0 Å². The van der Waals surface area contributed by atoms with E-state index in [2.05, 4.69) is 43.1 Å². The number of hydrogen-bond donors (Lipinski definition) is 0. The average Bonchev–Trinajstić information content (AvgIpc) is 2.52. The summed E-state index contributed by atoms with van der Waals surface area (Å²) in [6.45, 7) is 0. The standard InChI is InChI=1S/C7H6IN5/c1-13-7(10-11-12-13)6-5(8)3-2-4-9-6/h2-4H,1H3. The minimum absolute atomic E-state index is 0.685. The third kappa shape index (κ3) is 1.53. The highest BCUT2D eigenvalue weighted by molar-refractivity contribution is 14.1. The smallest absolute Gasteiger partial charge is 0.201 e. The van der Waals surface area contributed by atoms with Gasteiger partial charge in [0, 0.05) is 16.8 Å². The van der Waals surface area contributed by atoms with E-state index in [0.717, 1.165) is 9.26 Å². The Morgan fingerprint density at radius 1 is 1.46 bits per heavy atom. The zero-order chi connectivity index (χ0) is 9.26. The van der Waals surface area contributed by atoms with Crippen LogP contribution in [0.15, 0.2) is 18.3 Å². The maximum Gasteiger partial charge on any atom is 0.201 e. The van der Waals surface area contributed by atoms with Crippen LogP contribution in [0.5, 0.6) is 0 Å². The lowest BCUT2D eigenvalue weighted by Gasteiger charge is -1.99. The fourth-order valence-electron chi connectivity index (χ4n) is 0.980. The van der Waals surface area contributed by atoms with Crippen molar-refractivity contribution in [3.63, 3.8) is 0 Å². The van der Waals surface area contributed by atoms with E-state index in [1.54, 1.807) is 17.9 Å². The van der Waals surface area contributed by atoms with Crippen LogP contribution in [-0.2, 0) is 7.05 Å². The number of tetrazole rings is 1. The van der Waals surface area contributed by atoms with Gasteiger partial charge in [-0.3, -0.25) is 4.98 Å². The van der Waals surface area contributed by atoms with E-state index in [-0.39, 0.29) is 0 Å². The molecule has 2 aromatic heterocycles. The highest BCUT2D eigenvalue weighted by Gasteiger charge is 2.09. The molecule has 0 aliphatic heterocycles. The average molecular weight is 287 g/mol. The number of halogens is 1. The van der Waals surface area contributed by atoms with Gasteiger partial charge in [0.2, 0.25) is 5.82 Å². The Labute approximate surface area is 88.3 Å². The molecule has 0 bridgehead atoms. The van der Waals surface area contributed by atoms with Crippen LogP contribution in [-0.4, -0.2) is 25.2 Å². The Morgan fingerprint density at radius 2 is 2.31 bits per heavy atom. The van der Waals surface area contributed by atoms with Crippen LogP contribution in [0.2, 0.25) is 0 Å². The van der Waals surface area contributed by atoms with Gasteiger partial charge in [-0.05, 0) is 45.2 Å². The highest BCUT2D eigenvalue weighted by atomic mass is 127. The summed E-state index contributed by atoms with van der Waals surface area (Å²) in [4.78, 5) is 4.21. The Morgan fingerprint density at radius 3 is 2.92 bits per heavy atom. The topological polar surface area (TPSA) is 56.5 Å². The van der Waals surface area contributed by atoms with Crippen molar-refractivity contribution in [3.05, 3.63) is 21.9 Å². The minimum Gasteiger partial charge on any atom is -0.252 e. The first kappa shape index (κ1) is 8.54. The lowest BCUT2D eigenvalue weighted by Crippen LogP contribution is -1.97. The Bertz CT molecular complexity index is 424. The third-order valence-corrected chi connectivity index (χ3v) is 2.46. The van der Waals surface area contributed by atoms with E-state index in [1.807, 2.05) is 12.1 Å². The second-order valence-corrected chi connectivity index (χ2v) is 3.62. The molecule has 5 nitrogen and oxygen atoms in total. The SMILES string of the molecule is Cn1nnnc1-c1ncccc1I. The lowest BCUT2D eigenvalue weighted by atomic mass is 10.3. The van der Waals surface area contributed by atoms with Crippen molar-refractivity contribution in [1.29, 1.82) is 0 Å². The van der Waals surface area contributed by atoms with Crippen LogP contribution in [0.4, 0.5) is 0 Å². The molecule has 0 amide bonds. The van der Waals surface area contributed by atoms with Gasteiger partial charge in [0.15, 0.2) is 0 Å². The summed E-state index contributed by atoms with van der Waals surface area (Å²) in [5.74, 6) is 0.685. The Kier molecular flexibility index (Phi) is 2.21. The fourth-order valence-corrected chi connectivity index (χ4v) is 1.57. The summed E-state index contributed by atoms with van der Waals surface area (Å²) in [5, 5.41) is 11.2. The maximum absolute atomic E-state index is 4.21. The quantitative estimate of drug-likeness (QED) is 0.730. The van der Waals surface area contributed by atoms with Crippen molar-refractivity contribution >= 4 is 22.6 Å². The molecule has 0 atom stereocenters. The molecule has 0 unspecified atom stereocenters. The van der Waals surface area contributed by atoms with Gasteiger partial charge in [-0.25, -0.2) is 4.68 Å². The number of rotatable bonds is 1. The summed E-state index contributed by atoms with van der Waals surface area (Å²) in [6.07, 6.45) is 1.73. The molecule has 0 saturated carbocycles. The first-order valence-electron chi connectivity index (χ1n) is 3.62. The van der Waals surface area contributed by atoms with Crippen molar-refractivity contribution in [2.45, 2.75) is 0 Å². The summed E-state index contributed by atoms with van der Waals surface area (Å²) >= 11 is 2.21. The second kappa shape index (κ2) is 3.36. The summed E-state index contributed by atoms with van der Waals surface area (Å²) in [7, 11) is 1.79. The van der Waals surface area contributed by atoms with Crippen LogP contribution < -0.4 is 0 Å². The molecule has 0 spiro atoms. The first-order valence-corrected chi connectivity index (χ1v) is 4.70. The molecule has 66 valence electrons. The van der Waals surface area contributed by atoms with Crippen LogP contribution in [0, 0.1) is 3.57 Å². The first-order chi connectivity index (χ1) is 6.29. The van der Waals surface area contributed by atoms with Gasteiger partial charge in [0.1, 0.15) is 5.69 Å². The van der Waals surface area contributed by atoms with E-state index < -0.39 is 0 Å². The number of nitrogens with zero attached hydrogens (tertiary/aromatic N) is 5. The molecule has 0 aromatic carbocycles. The zero-order valence-corrected chi connectivity index (χ0v) is 9.00. The van der Waals surface area contributed by atoms with Gasteiger partial charge in [-0.1, -0.05) is 0 Å².